The molecule has 0 N–H and O–H groups in total. The number of aromatic nitrogens is 1. The van der Waals surface area contributed by atoms with Gasteiger partial charge in [-0.25, -0.2) is 4.98 Å². The molecule has 0 spiro atoms. The molecule has 0 amide bonds. The van der Waals surface area contributed by atoms with Gasteiger partial charge in [-0.2, -0.15) is 0 Å². The van der Waals surface area contributed by atoms with Gasteiger partial charge in [0.05, 0.1) is 0 Å². The van der Waals surface area contributed by atoms with Gasteiger partial charge in [0.15, 0.2) is 0 Å². The van der Waals surface area contributed by atoms with Crippen molar-refractivity contribution in [3.05, 3.63) is 16.1 Å². The van der Waals surface area contributed by atoms with E-state index in [1.54, 1.807) is 0 Å². The minimum Gasteiger partial charge on any atom is -0.371 e. The molecule has 0 atom stereocenters. The van der Waals surface area contributed by atoms with E-state index in [0.717, 1.165) is 25.2 Å². The van der Waals surface area contributed by atoms with Crippen LogP contribution in [-0.2, 0) is 16.8 Å². The first-order valence-corrected chi connectivity index (χ1v) is 7.02. The smallest absolute Gasteiger partial charge is 0.125 e. The number of aryl methyl sites for hydroxylation is 1. The van der Waals surface area contributed by atoms with Gasteiger partial charge in [-0.3, -0.25) is 0 Å². The minimum absolute atomic E-state index is 0.0788. The Morgan fingerprint density at radius 3 is 2.69 bits per heavy atom. The third-order valence-corrected chi connectivity index (χ3v) is 5.09. The fourth-order valence-electron chi connectivity index (χ4n) is 2.42. The SMILES string of the molecule is CCc1cnc(C2(OC)CCC(C)CC2)s1. The lowest BCUT2D eigenvalue weighted by atomic mass is 9.80. The fourth-order valence-corrected chi connectivity index (χ4v) is 3.49. The molecular weight excluding hydrogens is 218 g/mol. The van der Waals surface area contributed by atoms with Crippen molar-refractivity contribution < 1.29 is 4.74 Å². The van der Waals surface area contributed by atoms with Crippen molar-refractivity contribution in [2.24, 2.45) is 5.92 Å². The Morgan fingerprint density at radius 1 is 1.50 bits per heavy atom. The van der Waals surface area contributed by atoms with Crippen LogP contribution in [0.4, 0.5) is 0 Å². The second kappa shape index (κ2) is 4.84. The minimum atomic E-state index is -0.0788. The summed E-state index contributed by atoms with van der Waals surface area (Å²) in [6, 6.07) is 0. The van der Waals surface area contributed by atoms with Crippen molar-refractivity contribution in [3.63, 3.8) is 0 Å². The lowest BCUT2D eigenvalue weighted by molar-refractivity contribution is -0.0531. The van der Waals surface area contributed by atoms with Gasteiger partial charge in [-0.05, 0) is 38.0 Å². The monoisotopic (exact) mass is 239 g/mol. The molecule has 0 radical (unpaired) electrons. The highest BCUT2D eigenvalue weighted by Crippen LogP contribution is 2.43. The molecule has 0 saturated heterocycles. The lowest BCUT2D eigenvalue weighted by Crippen LogP contribution is -2.33. The number of hydrogen-bond donors (Lipinski definition) is 0. The first-order chi connectivity index (χ1) is 7.70. The van der Waals surface area contributed by atoms with E-state index in [-0.39, 0.29) is 5.60 Å². The van der Waals surface area contributed by atoms with E-state index in [4.69, 9.17) is 4.74 Å². The zero-order valence-corrected chi connectivity index (χ0v) is 11.3. The van der Waals surface area contributed by atoms with Crippen molar-refractivity contribution in [2.45, 2.75) is 51.6 Å². The maximum Gasteiger partial charge on any atom is 0.125 e. The van der Waals surface area contributed by atoms with E-state index < -0.39 is 0 Å². The molecule has 16 heavy (non-hydrogen) atoms. The van der Waals surface area contributed by atoms with Crippen LogP contribution in [-0.4, -0.2) is 12.1 Å². The largest absolute Gasteiger partial charge is 0.371 e. The molecule has 1 aliphatic carbocycles. The Hall–Kier alpha value is -0.410. The normalized spacial score (nSPS) is 30.6. The Morgan fingerprint density at radius 2 is 2.19 bits per heavy atom. The number of nitrogens with zero attached hydrogens (tertiary/aromatic N) is 1. The predicted octanol–water partition coefficient (Wildman–Crippen LogP) is 3.76. The Balaban J connectivity index is 2.20. The topological polar surface area (TPSA) is 22.1 Å². The predicted molar refractivity (Wildman–Crippen MR) is 67.8 cm³/mol. The summed E-state index contributed by atoms with van der Waals surface area (Å²) in [5.74, 6) is 0.842. The summed E-state index contributed by atoms with van der Waals surface area (Å²) in [5, 5.41) is 1.19. The second-order valence-corrected chi connectivity index (χ2v) is 5.98. The highest BCUT2D eigenvalue weighted by molar-refractivity contribution is 7.11. The van der Waals surface area contributed by atoms with Gasteiger partial charge in [-0.1, -0.05) is 13.8 Å². The summed E-state index contributed by atoms with van der Waals surface area (Å²) in [6.45, 7) is 4.51. The number of ether oxygens (including phenoxy) is 1. The number of rotatable bonds is 3. The third-order valence-electron chi connectivity index (χ3n) is 3.76. The lowest BCUT2D eigenvalue weighted by Gasteiger charge is -2.36. The van der Waals surface area contributed by atoms with Crippen molar-refractivity contribution in [1.29, 1.82) is 0 Å². The van der Waals surface area contributed by atoms with Crippen LogP contribution in [0.25, 0.3) is 0 Å². The van der Waals surface area contributed by atoms with Crippen molar-refractivity contribution in [1.82, 2.24) is 4.98 Å². The van der Waals surface area contributed by atoms with Crippen LogP contribution in [0, 0.1) is 5.92 Å². The maximum absolute atomic E-state index is 5.82. The van der Waals surface area contributed by atoms with E-state index in [9.17, 15) is 0 Å². The van der Waals surface area contributed by atoms with Crippen LogP contribution in [0.15, 0.2) is 6.20 Å². The molecule has 3 heteroatoms. The van der Waals surface area contributed by atoms with Crippen LogP contribution in [0.2, 0.25) is 0 Å². The summed E-state index contributed by atoms with van der Waals surface area (Å²) < 4.78 is 5.82. The fraction of sp³-hybridized carbons (Fsp3) is 0.769. The molecule has 2 nitrogen and oxygen atoms in total. The average Bonchev–Trinajstić information content (AvgIpc) is 2.80. The van der Waals surface area contributed by atoms with E-state index in [1.165, 1.54) is 22.7 Å². The van der Waals surface area contributed by atoms with E-state index in [0.29, 0.717) is 0 Å². The summed E-state index contributed by atoms with van der Waals surface area (Å²) in [6.07, 6.45) is 7.86. The number of thiazole rings is 1. The molecule has 1 aliphatic rings. The summed E-state index contributed by atoms with van der Waals surface area (Å²) in [7, 11) is 1.84. The molecule has 1 fully saturated rings. The van der Waals surface area contributed by atoms with Gasteiger partial charge in [0.25, 0.3) is 0 Å². The van der Waals surface area contributed by atoms with Crippen LogP contribution in [0.3, 0.4) is 0 Å². The molecule has 1 aromatic heterocycles. The van der Waals surface area contributed by atoms with E-state index >= 15 is 0 Å². The maximum atomic E-state index is 5.82. The first-order valence-electron chi connectivity index (χ1n) is 6.20. The molecule has 0 unspecified atom stereocenters. The van der Waals surface area contributed by atoms with Gasteiger partial charge in [-0.15, -0.1) is 11.3 Å². The van der Waals surface area contributed by atoms with Crippen LogP contribution >= 0.6 is 11.3 Å². The molecule has 1 aromatic rings. The number of hydrogen-bond acceptors (Lipinski definition) is 3. The van der Waals surface area contributed by atoms with Crippen molar-refractivity contribution in [3.8, 4) is 0 Å². The average molecular weight is 239 g/mol. The first kappa shape index (κ1) is 12.1. The molecule has 0 aromatic carbocycles. The van der Waals surface area contributed by atoms with Gasteiger partial charge >= 0.3 is 0 Å². The van der Waals surface area contributed by atoms with Gasteiger partial charge in [0.2, 0.25) is 0 Å². The van der Waals surface area contributed by atoms with Gasteiger partial charge in [0.1, 0.15) is 10.6 Å². The second-order valence-electron chi connectivity index (χ2n) is 4.87. The molecular formula is C13H21NOS. The molecule has 1 saturated carbocycles. The van der Waals surface area contributed by atoms with Crippen molar-refractivity contribution in [2.75, 3.05) is 7.11 Å². The summed E-state index contributed by atoms with van der Waals surface area (Å²) in [5.41, 5.74) is -0.0788. The zero-order valence-electron chi connectivity index (χ0n) is 10.5. The van der Waals surface area contributed by atoms with Gasteiger partial charge < -0.3 is 4.74 Å². The number of methoxy groups -OCH3 is 1. The van der Waals surface area contributed by atoms with E-state index in [1.807, 2.05) is 24.6 Å². The zero-order chi connectivity index (χ0) is 11.6. The molecule has 0 aliphatic heterocycles. The van der Waals surface area contributed by atoms with Crippen LogP contribution in [0.5, 0.6) is 0 Å². The third kappa shape index (κ3) is 2.16. The highest BCUT2D eigenvalue weighted by atomic mass is 32.1. The van der Waals surface area contributed by atoms with Crippen LogP contribution in [0.1, 0.15) is 49.4 Å². The summed E-state index contributed by atoms with van der Waals surface area (Å²) >= 11 is 1.83. The standard InChI is InChI=1S/C13H21NOS/c1-4-11-9-14-12(16-11)13(15-3)7-5-10(2)6-8-13/h9-10H,4-8H2,1-3H3. The highest BCUT2D eigenvalue weighted by Gasteiger charge is 2.38. The molecule has 0 bridgehead atoms. The molecule has 1 heterocycles. The Labute approximate surface area is 102 Å². The Bertz CT molecular complexity index is 339. The summed E-state index contributed by atoms with van der Waals surface area (Å²) in [4.78, 5) is 5.94. The quantitative estimate of drug-likeness (QED) is 0.801. The Kier molecular flexibility index (Phi) is 3.65. The van der Waals surface area contributed by atoms with E-state index in [2.05, 4.69) is 18.8 Å². The molecule has 2 rings (SSSR count). The molecule has 90 valence electrons. The van der Waals surface area contributed by atoms with Gasteiger partial charge in [0, 0.05) is 18.2 Å². The van der Waals surface area contributed by atoms with Crippen LogP contribution < -0.4 is 0 Å². The van der Waals surface area contributed by atoms with Crippen molar-refractivity contribution >= 4 is 11.3 Å².